The minimum Gasteiger partial charge on any atom is -0.491 e. The number of aliphatic hydroxyl groups is 1. The number of morpholine rings is 1. The van der Waals surface area contributed by atoms with Gasteiger partial charge in [-0.1, -0.05) is 121 Å². The Balaban J connectivity index is 1.13. The average molecular weight is 1070 g/mol. The van der Waals surface area contributed by atoms with Gasteiger partial charge in [-0.2, -0.15) is 0 Å². The van der Waals surface area contributed by atoms with Crippen LogP contribution in [0.1, 0.15) is 57.1 Å². The predicted molar refractivity (Wildman–Crippen MR) is 295 cm³/mol. The van der Waals surface area contributed by atoms with Crippen molar-refractivity contribution >= 4 is 41.2 Å². The molecule has 3 saturated heterocycles. The number of ether oxygens (including phenoxy) is 3. The second-order valence-electron chi connectivity index (χ2n) is 20.0. The molecule has 4 aliphatic heterocycles. The van der Waals surface area contributed by atoms with Crippen LogP contribution in [0.25, 0.3) is 0 Å². The number of fused-ring (bicyclic) bond motifs is 3. The number of amides is 3. The van der Waals surface area contributed by atoms with Crippen LogP contribution in [-0.4, -0.2) is 118 Å². The Morgan fingerprint density at radius 1 is 0.800 bits per heavy atom. The molecule has 1 aromatic heterocycles. The molecule has 18 nitrogen and oxygen atoms in total. The van der Waals surface area contributed by atoms with Gasteiger partial charge in [0.25, 0.3) is 5.69 Å². The zero-order valence-electron chi connectivity index (χ0n) is 43.7. The van der Waals surface area contributed by atoms with Crippen LogP contribution in [0, 0.1) is 27.9 Å². The molecule has 404 valence electrons. The highest BCUT2D eigenvalue weighted by atomic mass is 16.6. The number of aromatic nitrogens is 2. The van der Waals surface area contributed by atoms with Crippen LogP contribution in [0.2, 0.25) is 0 Å². The van der Waals surface area contributed by atoms with E-state index in [2.05, 4.69) is 26.7 Å². The summed E-state index contributed by atoms with van der Waals surface area (Å²) in [6.45, 7) is 1.07. The zero-order chi connectivity index (χ0) is 55.3. The van der Waals surface area contributed by atoms with Gasteiger partial charge in [-0.15, -0.1) is 0 Å². The van der Waals surface area contributed by atoms with Gasteiger partial charge < -0.3 is 29.1 Å². The lowest BCUT2D eigenvalue weighted by atomic mass is 9.64. The molecular formula is C62H56N8O10. The van der Waals surface area contributed by atoms with Crippen LogP contribution in [0.4, 0.5) is 22.1 Å². The van der Waals surface area contributed by atoms with Crippen LogP contribution < -0.4 is 14.5 Å². The molecule has 6 atom stereocenters. The van der Waals surface area contributed by atoms with E-state index in [1.54, 1.807) is 65.8 Å². The minimum atomic E-state index is -2.17. The first kappa shape index (κ1) is 52.8. The van der Waals surface area contributed by atoms with E-state index in [-0.39, 0.29) is 55.6 Å². The summed E-state index contributed by atoms with van der Waals surface area (Å²) in [4.78, 5) is 93.0. The van der Waals surface area contributed by atoms with Gasteiger partial charge in [0.1, 0.15) is 36.5 Å². The third-order valence-corrected chi connectivity index (χ3v) is 15.3. The lowest BCUT2D eigenvalue weighted by Gasteiger charge is -2.46. The third-order valence-electron chi connectivity index (χ3n) is 15.3. The molecule has 4 aliphatic rings. The maximum absolute atomic E-state index is 17.0. The summed E-state index contributed by atoms with van der Waals surface area (Å²) in [5.41, 5.74) is 1.75. The van der Waals surface area contributed by atoms with Gasteiger partial charge in [-0.25, -0.2) is 19.7 Å². The number of non-ortho nitro benzene ring substituents is 1. The molecular weight excluding hydrogens is 1020 g/mol. The van der Waals surface area contributed by atoms with Crippen molar-refractivity contribution in [1.82, 2.24) is 24.7 Å². The van der Waals surface area contributed by atoms with Crippen LogP contribution in [0.15, 0.2) is 176 Å². The Bertz CT molecular complexity index is 3470. The van der Waals surface area contributed by atoms with Crippen LogP contribution in [0.5, 0.6) is 5.75 Å². The normalized spacial score (nSPS) is 21.3. The number of rotatable bonds is 14. The van der Waals surface area contributed by atoms with E-state index in [9.17, 15) is 15.2 Å². The molecule has 11 rings (SSSR count). The summed E-state index contributed by atoms with van der Waals surface area (Å²) < 4.78 is 19.1. The summed E-state index contributed by atoms with van der Waals surface area (Å²) in [6, 6.07) is 44.4. The Morgan fingerprint density at radius 3 is 2.15 bits per heavy atom. The standard InChI is InChI=1S/C62H56N8O10/c1-65(40-43-15-5-2-6-16-43)32-13-17-42-26-29-50-49(39-42)62(59(74)68(50)61(75)79-41-44-24-27-47(28-25-44)70(76)77)52(57(72)66-33-35-67(36-34-66)60-63-30-14-31-64-60)54-58(73)80-55(46-20-9-4-10-21-46)53(45-18-7-3-8-19-45)69(54)56(62)48-22-11-12-23-51(48)78-38-37-71/h2-12,14-16,18-31,39,52-56,71H,32-38,40-41H2,1H3. The molecule has 0 saturated carbocycles. The molecule has 6 unspecified atom stereocenters. The number of para-hydroxylation sites is 1. The fourth-order valence-electron chi connectivity index (χ4n) is 11.8. The van der Waals surface area contributed by atoms with Gasteiger partial charge in [0.15, 0.2) is 0 Å². The lowest BCUT2D eigenvalue weighted by Crippen LogP contribution is -2.59. The molecule has 1 spiro atoms. The molecule has 3 amide bonds. The van der Waals surface area contributed by atoms with E-state index in [0.717, 1.165) is 10.5 Å². The van der Waals surface area contributed by atoms with Crippen molar-refractivity contribution in [3.63, 3.8) is 0 Å². The lowest BCUT2D eigenvalue weighted by molar-refractivity contribution is -0.384. The number of nitro groups is 1. The van der Waals surface area contributed by atoms with E-state index in [4.69, 9.17) is 14.2 Å². The number of nitrogens with zero attached hydrogens (tertiary/aromatic N) is 8. The summed E-state index contributed by atoms with van der Waals surface area (Å²) in [5.74, 6) is 3.63. The molecule has 18 heteroatoms. The van der Waals surface area contributed by atoms with E-state index < -0.39 is 64.4 Å². The van der Waals surface area contributed by atoms with Crippen LogP contribution in [-0.2, 0) is 42.4 Å². The number of nitro benzene ring substituents is 1. The molecule has 0 aliphatic carbocycles. The van der Waals surface area contributed by atoms with Crippen LogP contribution in [0.3, 0.4) is 0 Å². The Morgan fingerprint density at radius 2 is 1.46 bits per heavy atom. The second kappa shape index (κ2) is 23.0. The number of carbonyl (C=O) groups is 4. The first-order valence-electron chi connectivity index (χ1n) is 26.4. The summed E-state index contributed by atoms with van der Waals surface area (Å²) in [7, 11) is 1.96. The highest BCUT2D eigenvalue weighted by Crippen LogP contribution is 2.67. The number of carbonyl (C=O) groups excluding carboxylic acids is 4. The number of hydrogen-bond donors (Lipinski definition) is 1. The first-order valence-corrected chi connectivity index (χ1v) is 26.4. The van der Waals surface area contributed by atoms with Crippen molar-refractivity contribution in [2.24, 2.45) is 5.92 Å². The van der Waals surface area contributed by atoms with E-state index in [1.165, 1.54) is 24.3 Å². The average Bonchev–Trinajstić information content (AvgIpc) is 3.36. The van der Waals surface area contributed by atoms with Gasteiger partial charge in [0, 0.05) is 68.4 Å². The number of anilines is 2. The monoisotopic (exact) mass is 1070 g/mol. The van der Waals surface area contributed by atoms with Crippen molar-refractivity contribution in [2.75, 3.05) is 62.8 Å². The van der Waals surface area contributed by atoms with Gasteiger partial charge in [0.2, 0.25) is 17.8 Å². The molecule has 3 fully saturated rings. The summed E-state index contributed by atoms with van der Waals surface area (Å²) in [6.07, 6.45) is 1.22. The largest absolute Gasteiger partial charge is 0.491 e. The molecule has 7 aromatic rings. The molecule has 1 N–H and O–H groups in total. The van der Waals surface area contributed by atoms with Crippen molar-refractivity contribution in [2.45, 2.75) is 42.8 Å². The fraction of sp³-hybridized carbons (Fsp3) is 0.258. The maximum Gasteiger partial charge on any atom is 0.421 e. The second-order valence-corrected chi connectivity index (χ2v) is 20.0. The van der Waals surface area contributed by atoms with Gasteiger partial charge >= 0.3 is 12.1 Å². The summed E-state index contributed by atoms with van der Waals surface area (Å²) >= 11 is 0. The number of benzene rings is 6. The molecule has 5 heterocycles. The Hall–Kier alpha value is -9.28. The number of cyclic esters (lactones) is 1. The molecule has 6 aromatic carbocycles. The van der Waals surface area contributed by atoms with Crippen molar-refractivity contribution in [3.05, 3.63) is 225 Å². The van der Waals surface area contributed by atoms with E-state index in [0.29, 0.717) is 59.9 Å². The Labute approximate surface area is 461 Å². The highest BCUT2D eigenvalue weighted by molar-refractivity contribution is 6.23. The molecule has 80 heavy (non-hydrogen) atoms. The van der Waals surface area contributed by atoms with Gasteiger partial charge in [-0.05, 0) is 77.3 Å². The van der Waals surface area contributed by atoms with Crippen LogP contribution >= 0.6 is 0 Å². The SMILES string of the molecule is CN(CC#Cc1ccc2c(c1)C1(C(=O)N2C(=O)OCc2ccc([N+](=O)[O-])cc2)C(C(=O)N2CCN(c3ncccn3)CC2)C2C(=O)OC(c3ccccc3)C(c3ccccc3)N2C1c1ccccc1OCCO)Cc1ccccc1. The smallest absolute Gasteiger partial charge is 0.421 e. The summed E-state index contributed by atoms with van der Waals surface area (Å²) in [5, 5.41) is 21.8. The molecule has 0 radical (unpaired) electrons. The van der Waals surface area contributed by atoms with Gasteiger partial charge in [-0.3, -0.25) is 34.3 Å². The quantitative estimate of drug-likeness (QED) is 0.0483. The maximum atomic E-state index is 17.0. The zero-order valence-corrected chi connectivity index (χ0v) is 43.7. The number of piperazine rings is 1. The topological polar surface area (TPSA) is 201 Å². The third kappa shape index (κ3) is 9.98. The van der Waals surface area contributed by atoms with E-state index >= 15 is 19.2 Å². The number of aliphatic hydroxyl groups excluding tert-OH is 1. The van der Waals surface area contributed by atoms with Crippen molar-refractivity contribution < 1.29 is 43.4 Å². The van der Waals surface area contributed by atoms with Crippen molar-refractivity contribution in [3.8, 4) is 17.6 Å². The number of imide groups is 1. The van der Waals surface area contributed by atoms with Crippen molar-refractivity contribution in [1.29, 1.82) is 0 Å². The fourth-order valence-corrected chi connectivity index (χ4v) is 11.8. The van der Waals surface area contributed by atoms with Gasteiger partial charge in [0.05, 0.1) is 41.8 Å². The predicted octanol–water partition coefficient (Wildman–Crippen LogP) is 7.59. The highest BCUT2D eigenvalue weighted by Gasteiger charge is 2.76. The number of hydrogen-bond acceptors (Lipinski definition) is 15. The van der Waals surface area contributed by atoms with E-state index in [1.807, 2.05) is 108 Å². The minimum absolute atomic E-state index is 0.0992. The first-order chi connectivity index (χ1) is 39.1. The number of esters is 1. The Kier molecular flexibility index (Phi) is 15.1. The molecule has 0 bridgehead atoms.